The van der Waals surface area contributed by atoms with Gasteiger partial charge < -0.3 is 9.47 Å². The second-order valence-corrected chi connectivity index (χ2v) is 5.54. The maximum Gasteiger partial charge on any atom is 0.421 e. The Balaban J connectivity index is 2.41. The van der Waals surface area contributed by atoms with Crippen molar-refractivity contribution >= 4 is 0 Å². The van der Waals surface area contributed by atoms with Crippen molar-refractivity contribution in [3.05, 3.63) is 18.0 Å². The van der Waals surface area contributed by atoms with Gasteiger partial charge in [-0.3, -0.25) is 4.98 Å². The van der Waals surface area contributed by atoms with Gasteiger partial charge in [-0.15, -0.1) is 0 Å². The van der Waals surface area contributed by atoms with Gasteiger partial charge >= 0.3 is 6.18 Å². The Hall–Kier alpha value is -1.46. The summed E-state index contributed by atoms with van der Waals surface area (Å²) in [6, 6.07) is 0. The molecule has 0 aliphatic heterocycles. The number of hydrogen-bond acceptors (Lipinski definition) is 3. The van der Waals surface area contributed by atoms with Gasteiger partial charge in [-0.05, 0) is 33.6 Å². The number of pyridine rings is 1. The van der Waals surface area contributed by atoms with Crippen molar-refractivity contribution in [1.82, 2.24) is 4.98 Å². The van der Waals surface area contributed by atoms with Gasteiger partial charge in [0.25, 0.3) is 0 Å². The monoisotopic (exact) mass is 275 g/mol. The van der Waals surface area contributed by atoms with Crippen LogP contribution in [-0.2, 0) is 6.18 Å². The van der Waals surface area contributed by atoms with E-state index in [-0.39, 0.29) is 17.6 Å². The zero-order valence-electron chi connectivity index (χ0n) is 11.0. The molecule has 1 aliphatic carbocycles. The summed E-state index contributed by atoms with van der Waals surface area (Å²) in [6.45, 7) is 5.07. The van der Waals surface area contributed by atoms with Crippen LogP contribution in [0.4, 0.5) is 13.2 Å². The first-order valence-corrected chi connectivity index (χ1v) is 6.08. The second kappa shape index (κ2) is 4.58. The van der Waals surface area contributed by atoms with Crippen molar-refractivity contribution in [3.8, 4) is 11.5 Å². The predicted octanol–water partition coefficient (Wildman–Crippen LogP) is 3.82. The van der Waals surface area contributed by atoms with E-state index in [0.29, 0.717) is 0 Å². The number of hydrogen-bond donors (Lipinski definition) is 0. The molecule has 1 fully saturated rings. The molecule has 0 atom stereocenters. The Kier molecular flexibility index (Phi) is 3.36. The number of halogens is 3. The summed E-state index contributed by atoms with van der Waals surface area (Å²) in [7, 11) is 0. The molecule has 1 saturated carbocycles. The molecular weight excluding hydrogens is 259 g/mol. The Morgan fingerprint density at radius 1 is 1.16 bits per heavy atom. The molecule has 1 aliphatic rings. The molecule has 3 nitrogen and oxygen atoms in total. The Labute approximate surface area is 109 Å². The van der Waals surface area contributed by atoms with Crippen LogP contribution in [0.25, 0.3) is 0 Å². The third kappa shape index (κ3) is 3.75. The second-order valence-electron chi connectivity index (χ2n) is 5.54. The first-order chi connectivity index (χ1) is 8.67. The summed E-state index contributed by atoms with van der Waals surface area (Å²) >= 11 is 0. The maximum atomic E-state index is 13.0. The average molecular weight is 275 g/mol. The van der Waals surface area contributed by atoms with Crippen LogP contribution in [-0.4, -0.2) is 16.7 Å². The normalized spacial score (nSPS) is 16.3. The van der Waals surface area contributed by atoms with Crippen molar-refractivity contribution in [1.29, 1.82) is 0 Å². The van der Waals surface area contributed by atoms with Gasteiger partial charge in [-0.1, -0.05) is 0 Å². The molecule has 0 spiro atoms. The lowest BCUT2D eigenvalue weighted by molar-refractivity contribution is -0.140. The molecule has 0 radical (unpaired) electrons. The molecule has 0 N–H and O–H groups in total. The van der Waals surface area contributed by atoms with E-state index in [9.17, 15) is 13.2 Å². The van der Waals surface area contributed by atoms with E-state index in [1.54, 1.807) is 20.8 Å². The largest absolute Gasteiger partial charge is 0.485 e. The van der Waals surface area contributed by atoms with Gasteiger partial charge in [0.05, 0.1) is 12.3 Å². The van der Waals surface area contributed by atoms with Gasteiger partial charge in [-0.25, -0.2) is 0 Å². The highest BCUT2D eigenvalue weighted by molar-refractivity contribution is 5.46. The van der Waals surface area contributed by atoms with E-state index in [1.165, 1.54) is 6.20 Å². The fourth-order valence-corrected chi connectivity index (χ4v) is 1.49. The maximum absolute atomic E-state index is 13.0. The molecule has 1 aromatic heterocycles. The van der Waals surface area contributed by atoms with Crippen molar-refractivity contribution in [2.45, 2.75) is 51.5 Å². The van der Waals surface area contributed by atoms with Gasteiger partial charge in [0.15, 0.2) is 11.5 Å². The van der Waals surface area contributed by atoms with Crippen LogP contribution in [0.2, 0.25) is 0 Å². The quantitative estimate of drug-likeness (QED) is 0.840. The fourth-order valence-electron chi connectivity index (χ4n) is 1.49. The summed E-state index contributed by atoms with van der Waals surface area (Å²) in [5, 5.41) is 0. The van der Waals surface area contributed by atoms with Crippen LogP contribution in [0.3, 0.4) is 0 Å². The van der Waals surface area contributed by atoms with E-state index in [4.69, 9.17) is 9.47 Å². The lowest BCUT2D eigenvalue weighted by Gasteiger charge is -2.25. The highest BCUT2D eigenvalue weighted by Gasteiger charge is 2.38. The molecule has 19 heavy (non-hydrogen) atoms. The van der Waals surface area contributed by atoms with E-state index < -0.39 is 17.3 Å². The molecule has 106 valence electrons. The molecule has 0 aromatic carbocycles. The Morgan fingerprint density at radius 2 is 1.79 bits per heavy atom. The third-order valence-electron chi connectivity index (χ3n) is 2.40. The summed E-state index contributed by atoms with van der Waals surface area (Å²) in [4.78, 5) is 3.60. The van der Waals surface area contributed by atoms with E-state index in [0.717, 1.165) is 19.0 Å². The van der Waals surface area contributed by atoms with Crippen molar-refractivity contribution in [3.63, 3.8) is 0 Å². The SMILES string of the molecule is CC(C)(C)Oc1c(OC2CC2)cncc1C(F)(F)F. The van der Waals surface area contributed by atoms with E-state index in [2.05, 4.69) is 4.98 Å². The van der Waals surface area contributed by atoms with Crippen molar-refractivity contribution < 1.29 is 22.6 Å². The average Bonchev–Trinajstić information content (AvgIpc) is 3.00. The number of alkyl halides is 3. The van der Waals surface area contributed by atoms with Crippen LogP contribution in [0.5, 0.6) is 11.5 Å². The first-order valence-electron chi connectivity index (χ1n) is 6.08. The fraction of sp³-hybridized carbons (Fsp3) is 0.615. The molecule has 1 heterocycles. The van der Waals surface area contributed by atoms with Crippen LogP contribution >= 0.6 is 0 Å². The first kappa shape index (κ1) is 14.0. The zero-order valence-corrected chi connectivity index (χ0v) is 11.0. The third-order valence-corrected chi connectivity index (χ3v) is 2.40. The molecular formula is C13H16F3NO2. The summed E-state index contributed by atoms with van der Waals surface area (Å²) in [5.41, 5.74) is -1.65. The molecule has 1 aromatic rings. The van der Waals surface area contributed by atoms with E-state index >= 15 is 0 Å². The van der Waals surface area contributed by atoms with E-state index in [1.807, 2.05) is 0 Å². The molecule has 0 amide bonds. The van der Waals surface area contributed by atoms with Crippen LogP contribution in [0.1, 0.15) is 39.2 Å². The van der Waals surface area contributed by atoms with Gasteiger partial charge in [0.1, 0.15) is 11.2 Å². The van der Waals surface area contributed by atoms with Gasteiger partial charge in [0, 0.05) is 6.20 Å². The number of rotatable bonds is 3. The summed E-state index contributed by atoms with van der Waals surface area (Å²) < 4.78 is 49.8. The smallest absolute Gasteiger partial charge is 0.421 e. The molecule has 2 rings (SSSR count). The Morgan fingerprint density at radius 3 is 2.26 bits per heavy atom. The molecule has 0 bridgehead atoms. The van der Waals surface area contributed by atoms with Crippen LogP contribution < -0.4 is 9.47 Å². The van der Waals surface area contributed by atoms with Gasteiger partial charge in [0.2, 0.25) is 0 Å². The minimum atomic E-state index is -4.52. The topological polar surface area (TPSA) is 31.4 Å². The molecule has 0 unspecified atom stereocenters. The minimum absolute atomic E-state index is 0.0207. The highest BCUT2D eigenvalue weighted by atomic mass is 19.4. The summed E-state index contributed by atoms with van der Waals surface area (Å²) in [6.07, 6.45) is -0.796. The van der Waals surface area contributed by atoms with Gasteiger partial charge in [-0.2, -0.15) is 13.2 Å². The van der Waals surface area contributed by atoms with Crippen molar-refractivity contribution in [2.75, 3.05) is 0 Å². The van der Waals surface area contributed by atoms with Crippen LogP contribution in [0.15, 0.2) is 12.4 Å². The highest BCUT2D eigenvalue weighted by Crippen LogP contribution is 2.43. The molecule has 6 heteroatoms. The number of nitrogens with zero attached hydrogens (tertiary/aromatic N) is 1. The lowest BCUT2D eigenvalue weighted by atomic mass is 10.1. The predicted molar refractivity (Wildman–Crippen MR) is 63.3 cm³/mol. The Bertz CT molecular complexity index is 462. The molecule has 0 saturated heterocycles. The number of aromatic nitrogens is 1. The summed E-state index contributed by atoms with van der Waals surface area (Å²) in [5.74, 6) is -0.214. The number of ether oxygens (including phenoxy) is 2. The zero-order chi connectivity index (χ0) is 14.3. The van der Waals surface area contributed by atoms with Crippen LogP contribution in [0, 0.1) is 0 Å². The van der Waals surface area contributed by atoms with Crippen molar-refractivity contribution in [2.24, 2.45) is 0 Å². The lowest BCUT2D eigenvalue weighted by Crippen LogP contribution is -2.25. The minimum Gasteiger partial charge on any atom is -0.485 e. The standard InChI is InChI=1S/C13H16F3NO2/c1-12(2,3)19-11-9(13(14,15)16)6-17-7-10(11)18-8-4-5-8/h6-8H,4-5H2,1-3H3.